The number of carboxylic acid groups (broad SMARTS) is 1. The number of fused-ring (bicyclic) bond motifs is 1. The molecule has 12 heteroatoms. The summed E-state index contributed by atoms with van der Waals surface area (Å²) in [6.07, 6.45) is 0.444. The molecular weight excluding hydrogens is 604 g/mol. The summed E-state index contributed by atoms with van der Waals surface area (Å²) < 4.78 is 16.5. The fourth-order valence-corrected chi connectivity index (χ4v) is 4.91. The molecule has 1 aromatic heterocycles. The third-order valence-corrected chi connectivity index (χ3v) is 7.22. The van der Waals surface area contributed by atoms with Gasteiger partial charge in [-0.15, -0.1) is 0 Å². The van der Waals surface area contributed by atoms with Crippen molar-refractivity contribution in [2.24, 2.45) is 0 Å². The summed E-state index contributed by atoms with van der Waals surface area (Å²) in [6.45, 7) is 7.56. The third-order valence-electron chi connectivity index (χ3n) is 7.22. The van der Waals surface area contributed by atoms with E-state index in [1.807, 2.05) is 13.0 Å². The van der Waals surface area contributed by atoms with Crippen LogP contribution in [0, 0.1) is 0 Å². The summed E-state index contributed by atoms with van der Waals surface area (Å²) in [7, 11) is 3.12. The van der Waals surface area contributed by atoms with E-state index in [0.717, 1.165) is 16.5 Å². The first-order chi connectivity index (χ1) is 22.2. The Kier molecular flexibility index (Phi) is 10.8. The molecule has 12 nitrogen and oxygen atoms in total. The fraction of sp³-hybridized carbons (Fsp3) is 0.314. The van der Waals surface area contributed by atoms with Crippen LogP contribution in [0.25, 0.3) is 10.8 Å². The second-order valence-electron chi connectivity index (χ2n) is 12.2. The first-order valence-corrected chi connectivity index (χ1v) is 15.0. The van der Waals surface area contributed by atoms with Gasteiger partial charge in [-0.2, -0.15) is 0 Å². The molecule has 248 valence electrons. The zero-order valence-corrected chi connectivity index (χ0v) is 27.2. The number of H-pyrrole nitrogens is 1. The van der Waals surface area contributed by atoms with E-state index in [1.165, 1.54) is 12.0 Å². The SMILES string of the molecule is COc1cc(C(Nc2ccc3cc[nH]c(=O)c3c2)C(=O)O)ccc1[C@@H](C)COC(=O)Nc1cccc(CN(C)C(=O)OC(C)(C)C)c1. The molecule has 0 saturated heterocycles. The number of carbonyl (C=O) groups is 3. The maximum Gasteiger partial charge on any atom is 0.411 e. The van der Waals surface area contributed by atoms with Crippen molar-refractivity contribution in [2.45, 2.75) is 51.8 Å². The van der Waals surface area contributed by atoms with Crippen LogP contribution in [-0.2, 0) is 20.8 Å². The lowest BCUT2D eigenvalue weighted by molar-refractivity contribution is -0.138. The molecule has 0 aliphatic carbocycles. The van der Waals surface area contributed by atoms with Gasteiger partial charge < -0.3 is 34.5 Å². The maximum atomic E-state index is 12.7. The number of aromatic amines is 1. The van der Waals surface area contributed by atoms with Crippen LogP contribution >= 0.6 is 0 Å². The summed E-state index contributed by atoms with van der Waals surface area (Å²) >= 11 is 0. The number of aliphatic carboxylic acids is 1. The lowest BCUT2D eigenvalue weighted by Crippen LogP contribution is -2.33. The predicted octanol–water partition coefficient (Wildman–Crippen LogP) is 6.49. The molecule has 0 aliphatic heterocycles. The highest BCUT2D eigenvalue weighted by Gasteiger charge is 2.24. The number of rotatable bonds is 11. The number of carboxylic acids is 1. The number of methoxy groups -OCH3 is 1. The van der Waals surface area contributed by atoms with Crippen LogP contribution in [-0.4, -0.2) is 59.5 Å². The Balaban J connectivity index is 1.38. The molecule has 0 saturated carbocycles. The lowest BCUT2D eigenvalue weighted by Gasteiger charge is -2.24. The molecule has 0 radical (unpaired) electrons. The van der Waals surface area contributed by atoms with Crippen molar-refractivity contribution in [3.8, 4) is 5.75 Å². The van der Waals surface area contributed by atoms with E-state index in [1.54, 1.807) is 94.7 Å². The molecule has 47 heavy (non-hydrogen) atoms. The highest BCUT2D eigenvalue weighted by molar-refractivity contribution is 5.87. The number of hydrogen-bond donors (Lipinski definition) is 4. The van der Waals surface area contributed by atoms with Crippen LogP contribution in [0.15, 0.2) is 77.7 Å². The average Bonchev–Trinajstić information content (AvgIpc) is 3.01. The molecule has 1 heterocycles. The first-order valence-electron chi connectivity index (χ1n) is 15.0. The normalized spacial score (nSPS) is 12.5. The Hall–Kier alpha value is -5.52. The van der Waals surface area contributed by atoms with Crippen molar-refractivity contribution in [1.29, 1.82) is 0 Å². The van der Waals surface area contributed by atoms with Gasteiger partial charge in [-0.3, -0.25) is 10.1 Å². The number of aromatic nitrogens is 1. The van der Waals surface area contributed by atoms with Gasteiger partial charge in [0.25, 0.3) is 5.56 Å². The monoisotopic (exact) mass is 644 g/mol. The van der Waals surface area contributed by atoms with Crippen molar-refractivity contribution >= 4 is 40.3 Å². The fourth-order valence-electron chi connectivity index (χ4n) is 4.91. The van der Waals surface area contributed by atoms with E-state index in [0.29, 0.717) is 28.1 Å². The quantitative estimate of drug-likeness (QED) is 0.143. The van der Waals surface area contributed by atoms with Crippen LogP contribution in [0.2, 0.25) is 0 Å². The number of pyridine rings is 1. The second kappa shape index (κ2) is 14.7. The largest absolute Gasteiger partial charge is 0.496 e. The van der Waals surface area contributed by atoms with E-state index in [-0.39, 0.29) is 24.6 Å². The van der Waals surface area contributed by atoms with Gasteiger partial charge in [0.1, 0.15) is 11.4 Å². The van der Waals surface area contributed by atoms with Crippen molar-refractivity contribution in [3.05, 3.63) is 100.0 Å². The summed E-state index contributed by atoms with van der Waals surface area (Å²) in [5.74, 6) is -0.971. The Labute approximate surface area is 272 Å². The van der Waals surface area contributed by atoms with E-state index >= 15 is 0 Å². The molecule has 4 aromatic rings. The van der Waals surface area contributed by atoms with E-state index in [2.05, 4.69) is 15.6 Å². The topological polar surface area (TPSA) is 159 Å². The molecule has 0 bridgehead atoms. The molecule has 2 atom stereocenters. The summed E-state index contributed by atoms with van der Waals surface area (Å²) in [5, 5.41) is 16.9. The summed E-state index contributed by atoms with van der Waals surface area (Å²) in [6, 6.07) is 17.8. The molecular formula is C35H40N4O8. The zero-order valence-electron chi connectivity index (χ0n) is 27.2. The number of ether oxygens (including phenoxy) is 3. The van der Waals surface area contributed by atoms with Crippen molar-refractivity contribution < 1.29 is 33.7 Å². The lowest BCUT2D eigenvalue weighted by atomic mass is 9.96. The number of carbonyl (C=O) groups excluding carboxylic acids is 2. The van der Waals surface area contributed by atoms with E-state index in [9.17, 15) is 24.3 Å². The minimum atomic E-state index is -1.13. The standard InChI is InChI=1S/C35H40N4O8/c1-21(20-46-33(43)38-25-9-7-8-22(16-25)19-39(5)34(44)47-35(2,3)4)27-13-11-24(17-29(27)45-6)30(32(41)42)37-26-12-10-23-14-15-36-31(40)28(23)18-26/h7-18,21,30,37H,19-20H2,1-6H3,(H,36,40)(H,38,43)(H,41,42)/t21-,30?/m0/s1. The van der Waals surface area contributed by atoms with Gasteiger partial charge in [0.2, 0.25) is 0 Å². The summed E-state index contributed by atoms with van der Waals surface area (Å²) in [4.78, 5) is 53.5. The molecule has 2 amide bonds. The smallest absolute Gasteiger partial charge is 0.411 e. The van der Waals surface area contributed by atoms with Gasteiger partial charge in [0.05, 0.1) is 13.7 Å². The van der Waals surface area contributed by atoms with Gasteiger partial charge in [-0.25, -0.2) is 14.4 Å². The number of hydrogen-bond acceptors (Lipinski definition) is 8. The second-order valence-corrected chi connectivity index (χ2v) is 12.2. The van der Waals surface area contributed by atoms with Gasteiger partial charge in [0.15, 0.2) is 6.04 Å². The zero-order chi connectivity index (χ0) is 34.3. The maximum absolute atomic E-state index is 12.7. The Bertz CT molecular complexity index is 1810. The minimum absolute atomic E-state index is 0.0227. The average molecular weight is 645 g/mol. The molecule has 0 aliphatic rings. The summed E-state index contributed by atoms with van der Waals surface area (Å²) in [5.41, 5.74) is 2.03. The molecule has 0 fully saturated rings. The van der Waals surface area contributed by atoms with Crippen molar-refractivity contribution in [2.75, 3.05) is 31.4 Å². The molecule has 3 aromatic carbocycles. The Morgan fingerprint density at radius 2 is 1.77 bits per heavy atom. The van der Waals surface area contributed by atoms with Crippen LogP contribution < -0.4 is 20.9 Å². The van der Waals surface area contributed by atoms with Gasteiger partial charge >= 0.3 is 18.2 Å². The number of amides is 2. The number of nitrogens with zero attached hydrogens (tertiary/aromatic N) is 1. The molecule has 0 spiro atoms. The number of anilines is 2. The third kappa shape index (κ3) is 9.25. The molecule has 4 N–H and O–H groups in total. The minimum Gasteiger partial charge on any atom is -0.496 e. The van der Waals surface area contributed by atoms with Crippen LogP contribution in [0.3, 0.4) is 0 Å². The van der Waals surface area contributed by atoms with Crippen LogP contribution in [0.4, 0.5) is 21.0 Å². The van der Waals surface area contributed by atoms with Gasteiger partial charge in [-0.1, -0.05) is 37.3 Å². The number of benzene rings is 3. The van der Waals surface area contributed by atoms with Crippen LogP contribution in [0.5, 0.6) is 5.75 Å². The van der Waals surface area contributed by atoms with Crippen molar-refractivity contribution in [3.63, 3.8) is 0 Å². The highest BCUT2D eigenvalue weighted by Crippen LogP contribution is 2.32. The molecule has 4 rings (SSSR count). The predicted molar refractivity (Wildman–Crippen MR) is 179 cm³/mol. The Morgan fingerprint density at radius 3 is 2.47 bits per heavy atom. The van der Waals surface area contributed by atoms with Gasteiger partial charge in [0, 0.05) is 48.0 Å². The number of nitrogens with one attached hydrogen (secondary N) is 3. The molecule has 1 unspecified atom stereocenters. The Morgan fingerprint density at radius 1 is 1.00 bits per heavy atom. The highest BCUT2D eigenvalue weighted by atomic mass is 16.6. The first kappa shape index (κ1) is 34.4. The van der Waals surface area contributed by atoms with E-state index in [4.69, 9.17) is 14.2 Å². The van der Waals surface area contributed by atoms with Crippen LogP contribution in [0.1, 0.15) is 56.3 Å². The van der Waals surface area contributed by atoms with Crippen molar-refractivity contribution in [1.82, 2.24) is 9.88 Å². The van der Waals surface area contributed by atoms with Gasteiger partial charge in [-0.05, 0) is 73.7 Å². The van der Waals surface area contributed by atoms with E-state index < -0.39 is 29.8 Å².